The Kier molecular flexibility index (Phi) is 5.05. The molecule has 0 aromatic carbocycles. The van der Waals surface area contributed by atoms with Crippen LogP contribution in [0.3, 0.4) is 0 Å². The molecule has 164 valence electrons. The van der Waals surface area contributed by atoms with Gasteiger partial charge in [0.25, 0.3) is 0 Å². The zero-order valence-corrected chi connectivity index (χ0v) is 18.2. The normalized spacial score (nSPS) is 18.5. The summed E-state index contributed by atoms with van der Waals surface area (Å²) in [6.07, 6.45) is 9.01. The molecule has 1 aliphatic heterocycles. The van der Waals surface area contributed by atoms with E-state index in [1.54, 1.807) is 11.2 Å². The van der Waals surface area contributed by atoms with Gasteiger partial charge in [0.1, 0.15) is 11.5 Å². The zero-order valence-electron chi connectivity index (χ0n) is 17.4. The predicted molar refractivity (Wildman–Crippen MR) is 118 cm³/mol. The van der Waals surface area contributed by atoms with Crippen molar-refractivity contribution in [3.05, 3.63) is 30.7 Å². The predicted octanol–water partition coefficient (Wildman–Crippen LogP) is 2.76. The fourth-order valence-corrected chi connectivity index (χ4v) is 5.29. The van der Waals surface area contributed by atoms with Gasteiger partial charge in [0.05, 0.1) is 18.0 Å². The summed E-state index contributed by atoms with van der Waals surface area (Å²) in [4.78, 5) is 19.9. The molecule has 0 atom stereocenters. The Balaban J connectivity index is 1.38. The molecule has 2 fully saturated rings. The Morgan fingerprint density at radius 3 is 2.74 bits per heavy atom. The molecule has 1 saturated heterocycles. The third-order valence-corrected chi connectivity index (χ3v) is 8.08. The zero-order chi connectivity index (χ0) is 21.6. The first kappa shape index (κ1) is 20.2. The molecule has 3 aromatic heterocycles. The number of carbonyl (C=O) groups is 1. The number of nitrogens with one attached hydrogen (secondary N) is 2. The average molecular weight is 443 g/mol. The number of nitrogens with zero attached hydrogens (tertiary/aromatic N) is 4. The highest BCUT2D eigenvalue weighted by Crippen LogP contribution is 2.33. The third-order valence-electron chi connectivity index (χ3n) is 6.20. The first-order valence-corrected chi connectivity index (χ1v) is 12.4. The SMILES string of the molecule is CCS(=O)(=O)N1CCC(n2cc(-c3cc(NC(=O)C4CC4)nc4[nH]ccc34)cn2)CC1. The van der Waals surface area contributed by atoms with Crippen molar-refractivity contribution in [3.63, 3.8) is 0 Å². The van der Waals surface area contributed by atoms with E-state index in [1.807, 2.05) is 35.4 Å². The summed E-state index contributed by atoms with van der Waals surface area (Å²) in [7, 11) is -3.14. The van der Waals surface area contributed by atoms with E-state index in [0.717, 1.165) is 47.8 Å². The molecule has 5 rings (SSSR count). The smallest absolute Gasteiger partial charge is 0.228 e. The average Bonchev–Trinajstić information content (AvgIpc) is 3.32. The highest BCUT2D eigenvalue weighted by atomic mass is 32.2. The van der Waals surface area contributed by atoms with Crippen molar-refractivity contribution in [1.82, 2.24) is 24.1 Å². The van der Waals surface area contributed by atoms with E-state index in [1.165, 1.54) is 0 Å². The second-order valence-electron chi connectivity index (χ2n) is 8.30. The first-order chi connectivity index (χ1) is 14.9. The second kappa shape index (κ2) is 7.76. The number of hydrogen-bond acceptors (Lipinski definition) is 5. The summed E-state index contributed by atoms with van der Waals surface area (Å²) in [5.41, 5.74) is 2.61. The maximum absolute atomic E-state index is 12.2. The van der Waals surface area contributed by atoms with Crippen LogP contribution in [0.4, 0.5) is 5.82 Å². The van der Waals surface area contributed by atoms with Crippen molar-refractivity contribution in [2.45, 2.75) is 38.6 Å². The van der Waals surface area contributed by atoms with Crippen LogP contribution in [0.5, 0.6) is 0 Å². The van der Waals surface area contributed by atoms with E-state index < -0.39 is 10.0 Å². The maximum atomic E-state index is 12.2. The minimum absolute atomic E-state index is 0.0221. The molecule has 1 aliphatic carbocycles. The Morgan fingerprint density at radius 1 is 1.26 bits per heavy atom. The molecule has 0 unspecified atom stereocenters. The molecule has 0 spiro atoms. The maximum Gasteiger partial charge on any atom is 0.228 e. The van der Waals surface area contributed by atoms with Gasteiger partial charge >= 0.3 is 0 Å². The molecule has 4 heterocycles. The Morgan fingerprint density at radius 2 is 2.03 bits per heavy atom. The molecule has 3 aromatic rings. The number of hydrogen-bond donors (Lipinski definition) is 2. The van der Waals surface area contributed by atoms with Gasteiger partial charge in [0.15, 0.2) is 0 Å². The molecule has 0 bridgehead atoms. The number of anilines is 1. The number of pyridine rings is 1. The van der Waals surface area contributed by atoms with E-state index in [0.29, 0.717) is 18.9 Å². The van der Waals surface area contributed by atoms with Gasteiger partial charge in [0.2, 0.25) is 15.9 Å². The molecule has 31 heavy (non-hydrogen) atoms. The summed E-state index contributed by atoms with van der Waals surface area (Å²) in [5.74, 6) is 0.800. The summed E-state index contributed by atoms with van der Waals surface area (Å²) in [5, 5.41) is 8.47. The lowest BCUT2D eigenvalue weighted by molar-refractivity contribution is -0.117. The molecule has 10 heteroatoms. The number of sulfonamides is 1. The van der Waals surface area contributed by atoms with Gasteiger partial charge in [-0.2, -0.15) is 5.10 Å². The summed E-state index contributed by atoms with van der Waals surface area (Å²) in [6, 6.07) is 4.03. The van der Waals surface area contributed by atoms with Crippen LogP contribution in [0.1, 0.15) is 38.6 Å². The molecule has 0 radical (unpaired) electrons. The molecule has 1 amide bonds. The van der Waals surface area contributed by atoms with Gasteiger partial charge < -0.3 is 10.3 Å². The van der Waals surface area contributed by atoms with Gasteiger partial charge in [-0.05, 0) is 50.3 Å². The monoisotopic (exact) mass is 442 g/mol. The van der Waals surface area contributed by atoms with Crippen LogP contribution >= 0.6 is 0 Å². The van der Waals surface area contributed by atoms with Crippen molar-refractivity contribution in [2.24, 2.45) is 5.92 Å². The van der Waals surface area contributed by atoms with Crippen LogP contribution < -0.4 is 5.32 Å². The minimum atomic E-state index is -3.14. The molecule has 9 nitrogen and oxygen atoms in total. The number of fused-ring (bicyclic) bond motifs is 1. The van der Waals surface area contributed by atoms with E-state index in [4.69, 9.17) is 0 Å². The molecule has 2 N–H and O–H groups in total. The first-order valence-electron chi connectivity index (χ1n) is 10.8. The molecular formula is C21H26N6O3S. The summed E-state index contributed by atoms with van der Waals surface area (Å²) >= 11 is 0. The lowest BCUT2D eigenvalue weighted by atomic mass is 10.1. The fraction of sp³-hybridized carbons (Fsp3) is 0.476. The van der Waals surface area contributed by atoms with Crippen LogP contribution in [-0.4, -0.2) is 57.2 Å². The van der Waals surface area contributed by atoms with Gasteiger partial charge in [-0.15, -0.1) is 0 Å². The standard InChI is InChI=1S/C21H26N6O3S/c1-2-31(29,30)26-9-6-16(7-10-26)27-13-15(12-23-27)18-11-19(25-21(28)14-3-4-14)24-20-17(18)5-8-22-20/h5,8,11-14,16H,2-4,6-7,9-10H2,1H3,(H2,22,24,25,28). The minimum Gasteiger partial charge on any atom is -0.346 e. The number of amides is 1. The Labute approximate surface area is 180 Å². The Bertz CT molecular complexity index is 1220. The van der Waals surface area contributed by atoms with Crippen LogP contribution in [0.25, 0.3) is 22.2 Å². The topological polar surface area (TPSA) is 113 Å². The number of aromatic amines is 1. The van der Waals surface area contributed by atoms with Crippen LogP contribution in [-0.2, 0) is 14.8 Å². The summed E-state index contributed by atoms with van der Waals surface area (Å²) < 4.78 is 27.7. The van der Waals surface area contributed by atoms with Crippen molar-refractivity contribution >= 4 is 32.8 Å². The van der Waals surface area contributed by atoms with E-state index in [-0.39, 0.29) is 23.6 Å². The number of carbonyl (C=O) groups excluding carboxylic acids is 1. The third kappa shape index (κ3) is 3.97. The van der Waals surface area contributed by atoms with E-state index in [2.05, 4.69) is 20.4 Å². The molecule has 1 saturated carbocycles. The van der Waals surface area contributed by atoms with Crippen LogP contribution in [0.2, 0.25) is 0 Å². The number of piperidine rings is 1. The highest BCUT2D eigenvalue weighted by Gasteiger charge is 2.30. The number of rotatable bonds is 6. The van der Waals surface area contributed by atoms with Crippen molar-refractivity contribution in [1.29, 1.82) is 0 Å². The number of H-pyrrole nitrogens is 1. The van der Waals surface area contributed by atoms with Crippen LogP contribution in [0.15, 0.2) is 30.7 Å². The fourth-order valence-electron chi connectivity index (χ4n) is 4.16. The van der Waals surface area contributed by atoms with Crippen molar-refractivity contribution in [3.8, 4) is 11.1 Å². The highest BCUT2D eigenvalue weighted by molar-refractivity contribution is 7.89. The second-order valence-corrected chi connectivity index (χ2v) is 10.6. The van der Waals surface area contributed by atoms with Gasteiger partial charge in [0, 0.05) is 42.4 Å². The van der Waals surface area contributed by atoms with Crippen molar-refractivity contribution < 1.29 is 13.2 Å². The molecule has 2 aliphatic rings. The van der Waals surface area contributed by atoms with Gasteiger partial charge in [-0.25, -0.2) is 17.7 Å². The lowest BCUT2D eigenvalue weighted by Gasteiger charge is -2.31. The van der Waals surface area contributed by atoms with Gasteiger partial charge in [-0.3, -0.25) is 9.48 Å². The van der Waals surface area contributed by atoms with E-state index >= 15 is 0 Å². The van der Waals surface area contributed by atoms with E-state index in [9.17, 15) is 13.2 Å². The Hall–Kier alpha value is -2.72. The van der Waals surface area contributed by atoms with Crippen molar-refractivity contribution in [2.75, 3.05) is 24.2 Å². The largest absolute Gasteiger partial charge is 0.346 e. The van der Waals surface area contributed by atoms with Gasteiger partial charge in [-0.1, -0.05) is 0 Å². The summed E-state index contributed by atoms with van der Waals surface area (Å²) in [6.45, 7) is 2.72. The molecular weight excluding hydrogens is 416 g/mol. The quantitative estimate of drug-likeness (QED) is 0.609. The van der Waals surface area contributed by atoms with Crippen LogP contribution in [0, 0.1) is 5.92 Å². The lowest BCUT2D eigenvalue weighted by Crippen LogP contribution is -2.39. The number of aromatic nitrogens is 4.